The molecule has 1 saturated heterocycles. The predicted octanol–water partition coefficient (Wildman–Crippen LogP) is 2.69. The lowest BCUT2D eigenvalue weighted by molar-refractivity contribution is 0.113. The van der Waals surface area contributed by atoms with Gasteiger partial charge in [0, 0.05) is 24.1 Å². The molecule has 1 aliphatic rings. The fourth-order valence-electron chi connectivity index (χ4n) is 2.47. The van der Waals surface area contributed by atoms with Crippen molar-refractivity contribution in [2.75, 3.05) is 27.1 Å². The van der Waals surface area contributed by atoms with Crippen molar-refractivity contribution in [3.05, 3.63) is 17.7 Å². The number of nitrogens with one attached hydrogen (secondary N) is 1. The van der Waals surface area contributed by atoms with Gasteiger partial charge in [0.25, 0.3) is 0 Å². The van der Waals surface area contributed by atoms with Crippen LogP contribution >= 0.6 is 11.8 Å². The highest BCUT2D eigenvalue weighted by Crippen LogP contribution is 2.34. The Kier molecular flexibility index (Phi) is 5.57. The minimum atomic E-state index is 0.285. The summed E-state index contributed by atoms with van der Waals surface area (Å²) in [5.74, 6) is 1.55. The normalized spacial score (nSPS) is 22.0. The number of thioether (sulfide) groups is 1. The molecule has 0 spiro atoms. The van der Waals surface area contributed by atoms with Gasteiger partial charge in [-0.1, -0.05) is 0 Å². The SMILES string of the molecule is COc1cc(CNC2CCOC2C)c(SC)cc1OC. The Morgan fingerprint density at radius 3 is 2.55 bits per heavy atom. The van der Waals surface area contributed by atoms with E-state index in [0.29, 0.717) is 6.04 Å². The molecule has 0 bridgehead atoms. The summed E-state index contributed by atoms with van der Waals surface area (Å²) in [7, 11) is 3.33. The lowest BCUT2D eigenvalue weighted by Gasteiger charge is -2.18. The van der Waals surface area contributed by atoms with Crippen molar-refractivity contribution in [3.8, 4) is 11.5 Å². The van der Waals surface area contributed by atoms with Crippen LogP contribution in [0.25, 0.3) is 0 Å². The van der Waals surface area contributed by atoms with E-state index in [1.54, 1.807) is 26.0 Å². The number of hydrogen-bond acceptors (Lipinski definition) is 5. The van der Waals surface area contributed by atoms with Crippen LogP contribution < -0.4 is 14.8 Å². The Bertz CT molecular complexity index is 453. The van der Waals surface area contributed by atoms with Crippen molar-refractivity contribution >= 4 is 11.8 Å². The summed E-state index contributed by atoms with van der Waals surface area (Å²) in [6.45, 7) is 3.78. The van der Waals surface area contributed by atoms with Crippen LogP contribution in [0.3, 0.4) is 0 Å². The van der Waals surface area contributed by atoms with E-state index in [9.17, 15) is 0 Å². The predicted molar refractivity (Wildman–Crippen MR) is 82.0 cm³/mol. The second kappa shape index (κ2) is 7.20. The molecule has 0 radical (unpaired) electrons. The van der Waals surface area contributed by atoms with Gasteiger partial charge in [-0.25, -0.2) is 0 Å². The molecule has 0 aromatic heterocycles. The molecule has 2 unspecified atom stereocenters. The van der Waals surface area contributed by atoms with Gasteiger partial charge in [-0.2, -0.15) is 0 Å². The minimum absolute atomic E-state index is 0.285. The number of hydrogen-bond donors (Lipinski definition) is 1. The molecule has 1 N–H and O–H groups in total. The van der Waals surface area contributed by atoms with Crippen molar-refractivity contribution in [1.82, 2.24) is 5.32 Å². The summed E-state index contributed by atoms with van der Waals surface area (Å²) in [6.07, 6.45) is 3.43. The second-order valence-corrected chi connectivity index (χ2v) is 5.72. The first-order valence-corrected chi connectivity index (χ1v) is 8.06. The third-order valence-corrected chi connectivity index (χ3v) is 4.54. The highest BCUT2D eigenvalue weighted by atomic mass is 32.2. The van der Waals surface area contributed by atoms with Crippen molar-refractivity contribution < 1.29 is 14.2 Å². The summed E-state index contributed by atoms with van der Waals surface area (Å²) in [5, 5.41) is 3.58. The summed E-state index contributed by atoms with van der Waals surface area (Å²) < 4.78 is 16.3. The van der Waals surface area contributed by atoms with E-state index < -0.39 is 0 Å². The van der Waals surface area contributed by atoms with E-state index in [1.165, 1.54) is 10.5 Å². The van der Waals surface area contributed by atoms with Crippen molar-refractivity contribution in [1.29, 1.82) is 0 Å². The summed E-state index contributed by atoms with van der Waals surface area (Å²) in [6, 6.07) is 4.52. The topological polar surface area (TPSA) is 39.7 Å². The van der Waals surface area contributed by atoms with Crippen molar-refractivity contribution in [2.24, 2.45) is 0 Å². The van der Waals surface area contributed by atoms with E-state index >= 15 is 0 Å². The maximum absolute atomic E-state index is 5.58. The van der Waals surface area contributed by atoms with Gasteiger partial charge in [0.1, 0.15) is 0 Å². The lowest BCUT2D eigenvalue weighted by Crippen LogP contribution is -2.34. The van der Waals surface area contributed by atoms with Crippen LogP contribution in [-0.2, 0) is 11.3 Å². The van der Waals surface area contributed by atoms with E-state index in [4.69, 9.17) is 14.2 Å². The molecule has 2 rings (SSSR count). The van der Waals surface area contributed by atoms with Gasteiger partial charge in [0.2, 0.25) is 0 Å². The Morgan fingerprint density at radius 1 is 1.30 bits per heavy atom. The molecule has 1 fully saturated rings. The van der Waals surface area contributed by atoms with Crippen LogP contribution in [0, 0.1) is 0 Å². The molecule has 0 amide bonds. The van der Waals surface area contributed by atoms with Crippen LogP contribution in [0.4, 0.5) is 0 Å². The van der Waals surface area contributed by atoms with Gasteiger partial charge >= 0.3 is 0 Å². The molecular weight excluding hydrogens is 274 g/mol. The maximum Gasteiger partial charge on any atom is 0.161 e. The summed E-state index contributed by atoms with van der Waals surface area (Å²) in [4.78, 5) is 1.21. The molecule has 5 heteroatoms. The third kappa shape index (κ3) is 3.40. The van der Waals surface area contributed by atoms with Gasteiger partial charge in [0.15, 0.2) is 11.5 Å². The number of benzene rings is 1. The molecule has 2 atom stereocenters. The highest BCUT2D eigenvalue weighted by molar-refractivity contribution is 7.98. The molecule has 1 aromatic rings. The zero-order valence-corrected chi connectivity index (χ0v) is 13.4. The van der Waals surface area contributed by atoms with E-state index in [-0.39, 0.29) is 6.10 Å². The minimum Gasteiger partial charge on any atom is -0.493 e. The molecule has 0 saturated carbocycles. The average Bonchev–Trinajstić information content (AvgIpc) is 2.89. The zero-order valence-electron chi connectivity index (χ0n) is 12.6. The van der Waals surface area contributed by atoms with Gasteiger partial charge in [-0.05, 0) is 37.3 Å². The molecule has 112 valence electrons. The van der Waals surface area contributed by atoms with Crippen LogP contribution in [0.5, 0.6) is 11.5 Å². The van der Waals surface area contributed by atoms with Crippen molar-refractivity contribution in [2.45, 2.75) is 36.9 Å². The van der Waals surface area contributed by atoms with Gasteiger partial charge in [-0.3, -0.25) is 0 Å². The molecule has 0 aliphatic carbocycles. The summed E-state index contributed by atoms with van der Waals surface area (Å²) in [5.41, 5.74) is 1.23. The first kappa shape index (κ1) is 15.5. The van der Waals surface area contributed by atoms with Crippen LogP contribution in [0.2, 0.25) is 0 Å². The monoisotopic (exact) mass is 297 g/mol. The smallest absolute Gasteiger partial charge is 0.161 e. The first-order chi connectivity index (χ1) is 9.69. The quantitative estimate of drug-likeness (QED) is 0.818. The molecule has 20 heavy (non-hydrogen) atoms. The van der Waals surface area contributed by atoms with Crippen LogP contribution in [0.1, 0.15) is 18.9 Å². The van der Waals surface area contributed by atoms with E-state index in [1.807, 2.05) is 6.07 Å². The second-order valence-electron chi connectivity index (χ2n) is 4.87. The highest BCUT2D eigenvalue weighted by Gasteiger charge is 2.23. The Morgan fingerprint density at radius 2 is 2.00 bits per heavy atom. The number of rotatable bonds is 6. The van der Waals surface area contributed by atoms with E-state index in [2.05, 4.69) is 24.6 Å². The fraction of sp³-hybridized carbons (Fsp3) is 0.600. The molecular formula is C15H23NO3S. The largest absolute Gasteiger partial charge is 0.493 e. The van der Waals surface area contributed by atoms with Gasteiger partial charge in [0.05, 0.1) is 20.3 Å². The first-order valence-electron chi connectivity index (χ1n) is 6.83. The zero-order chi connectivity index (χ0) is 14.5. The average molecular weight is 297 g/mol. The fourth-order valence-corrected chi connectivity index (χ4v) is 3.09. The number of methoxy groups -OCH3 is 2. The molecule has 1 heterocycles. The van der Waals surface area contributed by atoms with Gasteiger partial charge in [-0.15, -0.1) is 11.8 Å². The van der Waals surface area contributed by atoms with E-state index in [0.717, 1.165) is 31.1 Å². The van der Waals surface area contributed by atoms with Crippen LogP contribution in [0.15, 0.2) is 17.0 Å². The standard InChI is InChI=1S/C15H23NO3S/c1-10-12(5-6-19-10)16-9-11-7-13(17-2)14(18-3)8-15(11)20-4/h7-8,10,12,16H,5-6,9H2,1-4H3. The Labute approximate surface area is 125 Å². The maximum atomic E-state index is 5.58. The van der Waals surface area contributed by atoms with Crippen molar-refractivity contribution in [3.63, 3.8) is 0 Å². The molecule has 4 nitrogen and oxygen atoms in total. The molecule has 1 aliphatic heterocycles. The third-order valence-electron chi connectivity index (χ3n) is 3.72. The number of ether oxygens (including phenoxy) is 3. The molecule has 1 aromatic carbocycles. The Hall–Kier alpha value is -0.910. The van der Waals surface area contributed by atoms with Crippen LogP contribution in [-0.4, -0.2) is 39.2 Å². The lowest BCUT2D eigenvalue weighted by atomic mass is 10.1. The Balaban J connectivity index is 2.13. The van der Waals surface area contributed by atoms with Gasteiger partial charge < -0.3 is 19.5 Å². The summed E-state index contributed by atoms with van der Waals surface area (Å²) >= 11 is 1.72.